The predicted octanol–water partition coefficient (Wildman–Crippen LogP) is 1.08. The van der Waals surface area contributed by atoms with Crippen LogP contribution in [-0.4, -0.2) is 55.0 Å². The number of aryl methyl sites for hydroxylation is 1. The number of carbonyl (C=O) groups excluding carboxylic acids is 3. The zero-order valence-electron chi connectivity index (χ0n) is 15.5. The third kappa shape index (κ3) is 4.42. The summed E-state index contributed by atoms with van der Waals surface area (Å²) in [5.74, 6) is -0.551. The molecule has 0 bridgehead atoms. The molecule has 1 aromatic carbocycles. The van der Waals surface area contributed by atoms with E-state index in [1.54, 1.807) is 0 Å². The van der Waals surface area contributed by atoms with Gasteiger partial charge in [-0.25, -0.2) is 4.79 Å². The topological polar surface area (TPSA) is 90.5 Å². The monoisotopic (exact) mass is 394 g/mol. The molecule has 7 nitrogen and oxygen atoms in total. The Kier molecular flexibility index (Phi) is 7.21. The fourth-order valence-corrected chi connectivity index (χ4v) is 3.96. The Morgan fingerprint density at radius 2 is 1.89 bits per heavy atom. The first kappa shape index (κ1) is 21.2. The van der Waals surface area contributed by atoms with Gasteiger partial charge in [0, 0.05) is 7.05 Å². The molecule has 1 aromatic rings. The minimum Gasteiger partial charge on any atom is -0.358 e. The summed E-state index contributed by atoms with van der Waals surface area (Å²) in [6.07, 6.45) is 2.89. The third-order valence-corrected chi connectivity index (χ3v) is 5.47. The van der Waals surface area contributed by atoms with Gasteiger partial charge >= 0.3 is 6.03 Å². The molecule has 4 amide bonds. The number of nitrogens with one attached hydrogen (secondary N) is 3. The summed E-state index contributed by atoms with van der Waals surface area (Å²) in [5, 5.41) is 8.75. The molecule has 2 fully saturated rings. The standard InChI is InChI=1S/C19H26N4O3.ClH/c1-20-16(24)13-23-17(25)19(22-18(23)26,15-8-11-21-12-9-15)10-7-14-5-3-2-4-6-14;/h2-6,15,21H,7-13H2,1H3,(H,20,24)(H,22,26);1H. The highest BCUT2D eigenvalue weighted by atomic mass is 35.5. The lowest BCUT2D eigenvalue weighted by Crippen LogP contribution is -2.56. The van der Waals surface area contributed by atoms with Gasteiger partial charge in [-0.15, -0.1) is 12.4 Å². The van der Waals surface area contributed by atoms with Crippen molar-refractivity contribution >= 4 is 30.3 Å². The molecule has 0 aliphatic carbocycles. The number of amides is 4. The molecule has 27 heavy (non-hydrogen) atoms. The lowest BCUT2D eigenvalue weighted by molar-refractivity contribution is -0.137. The second-order valence-electron chi connectivity index (χ2n) is 6.98. The lowest BCUT2D eigenvalue weighted by atomic mass is 9.74. The Labute approximate surface area is 165 Å². The van der Waals surface area contributed by atoms with Crippen LogP contribution >= 0.6 is 12.4 Å². The fraction of sp³-hybridized carbons (Fsp3) is 0.526. The number of piperidine rings is 1. The quantitative estimate of drug-likeness (QED) is 0.630. The minimum absolute atomic E-state index is 0. The van der Waals surface area contributed by atoms with Gasteiger partial charge in [0.05, 0.1) is 0 Å². The minimum atomic E-state index is -0.928. The first-order chi connectivity index (χ1) is 12.6. The van der Waals surface area contributed by atoms with Gasteiger partial charge < -0.3 is 16.0 Å². The zero-order chi connectivity index (χ0) is 18.6. The SMILES string of the molecule is CNC(=O)CN1C(=O)NC(CCc2ccccc2)(C2CCNCC2)C1=O.Cl. The second-order valence-corrected chi connectivity index (χ2v) is 6.98. The number of halogens is 1. The van der Waals surface area contributed by atoms with Crippen molar-refractivity contribution in [3.63, 3.8) is 0 Å². The maximum Gasteiger partial charge on any atom is 0.325 e. The highest BCUT2D eigenvalue weighted by molar-refractivity contribution is 6.09. The molecule has 0 saturated carbocycles. The average Bonchev–Trinajstić information content (AvgIpc) is 2.93. The van der Waals surface area contributed by atoms with Gasteiger partial charge in [0.15, 0.2) is 0 Å². The van der Waals surface area contributed by atoms with Gasteiger partial charge in [-0.3, -0.25) is 14.5 Å². The molecule has 2 heterocycles. The van der Waals surface area contributed by atoms with E-state index >= 15 is 0 Å². The summed E-state index contributed by atoms with van der Waals surface area (Å²) >= 11 is 0. The van der Waals surface area contributed by atoms with Crippen LogP contribution in [0, 0.1) is 5.92 Å². The molecule has 1 atom stereocenters. The number of benzene rings is 1. The van der Waals surface area contributed by atoms with E-state index in [1.165, 1.54) is 7.05 Å². The van der Waals surface area contributed by atoms with Crippen LogP contribution < -0.4 is 16.0 Å². The van der Waals surface area contributed by atoms with Crippen LogP contribution in [0.3, 0.4) is 0 Å². The van der Waals surface area contributed by atoms with Crippen molar-refractivity contribution in [2.24, 2.45) is 5.92 Å². The molecule has 8 heteroatoms. The van der Waals surface area contributed by atoms with Gasteiger partial charge in [-0.1, -0.05) is 30.3 Å². The first-order valence-corrected chi connectivity index (χ1v) is 9.16. The lowest BCUT2D eigenvalue weighted by Gasteiger charge is -2.38. The Morgan fingerprint density at radius 1 is 1.22 bits per heavy atom. The Bertz CT molecular complexity index is 679. The van der Waals surface area contributed by atoms with Crippen molar-refractivity contribution in [2.45, 2.75) is 31.2 Å². The summed E-state index contributed by atoms with van der Waals surface area (Å²) in [6.45, 7) is 1.42. The second kappa shape index (κ2) is 9.19. The van der Waals surface area contributed by atoms with E-state index in [1.807, 2.05) is 30.3 Å². The molecule has 0 spiro atoms. The van der Waals surface area contributed by atoms with Gasteiger partial charge in [0.1, 0.15) is 12.1 Å². The number of imide groups is 1. The zero-order valence-corrected chi connectivity index (χ0v) is 16.3. The summed E-state index contributed by atoms with van der Waals surface area (Å²) in [6, 6.07) is 9.49. The molecule has 0 aromatic heterocycles. The van der Waals surface area contributed by atoms with Crippen LogP contribution in [0.15, 0.2) is 30.3 Å². The highest BCUT2D eigenvalue weighted by Gasteiger charge is 2.55. The average molecular weight is 395 g/mol. The van der Waals surface area contributed by atoms with Crippen LogP contribution in [0.1, 0.15) is 24.8 Å². The maximum absolute atomic E-state index is 13.3. The number of likely N-dealkylation sites (N-methyl/N-ethyl adjacent to an activating group) is 1. The van der Waals surface area contributed by atoms with Crippen molar-refractivity contribution < 1.29 is 14.4 Å². The van der Waals surface area contributed by atoms with Crippen molar-refractivity contribution in [1.82, 2.24) is 20.9 Å². The summed E-state index contributed by atoms with van der Waals surface area (Å²) in [4.78, 5) is 38.5. The van der Waals surface area contributed by atoms with Crippen LogP contribution in [-0.2, 0) is 16.0 Å². The van der Waals surface area contributed by atoms with Crippen LogP contribution in [0.25, 0.3) is 0 Å². The van der Waals surface area contributed by atoms with E-state index < -0.39 is 11.6 Å². The number of hydrogen-bond donors (Lipinski definition) is 3. The fourth-order valence-electron chi connectivity index (χ4n) is 3.96. The predicted molar refractivity (Wildman–Crippen MR) is 105 cm³/mol. The van der Waals surface area contributed by atoms with Crippen molar-refractivity contribution in [3.05, 3.63) is 35.9 Å². The molecule has 0 radical (unpaired) electrons. The van der Waals surface area contributed by atoms with Crippen LogP contribution in [0.5, 0.6) is 0 Å². The van der Waals surface area contributed by atoms with E-state index in [0.29, 0.717) is 12.8 Å². The van der Waals surface area contributed by atoms with Crippen LogP contribution in [0.2, 0.25) is 0 Å². The molecule has 1 unspecified atom stereocenters. The molecule has 2 aliphatic rings. The smallest absolute Gasteiger partial charge is 0.325 e. The number of urea groups is 1. The normalized spacial score (nSPS) is 22.9. The number of nitrogens with zero attached hydrogens (tertiary/aromatic N) is 1. The summed E-state index contributed by atoms with van der Waals surface area (Å²) in [5.41, 5.74) is 0.205. The summed E-state index contributed by atoms with van der Waals surface area (Å²) < 4.78 is 0. The van der Waals surface area contributed by atoms with E-state index in [4.69, 9.17) is 0 Å². The molecule has 3 rings (SSSR count). The van der Waals surface area contributed by atoms with Crippen molar-refractivity contribution in [2.75, 3.05) is 26.7 Å². The largest absolute Gasteiger partial charge is 0.358 e. The van der Waals surface area contributed by atoms with Crippen molar-refractivity contribution in [3.8, 4) is 0 Å². The van der Waals surface area contributed by atoms with Gasteiger partial charge in [-0.2, -0.15) is 0 Å². The van der Waals surface area contributed by atoms with Crippen LogP contribution in [0.4, 0.5) is 4.79 Å². The number of hydrogen-bond acceptors (Lipinski definition) is 4. The van der Waals surface area contributed by atoms with Crippen molar-refractivity contribution in [1.29, 1.82) is 0 Å². The Balaban J connectivity index is 0.00000261. The number of carbonyl (C=O) groups is 3. The molecular weight excluding hydrogens is 368 g/mol. The van der Waals surface area contributed by atoms with E-state index in [-0.39, 0.29) is 36.7 Å². The van der Waals surface area contributed by atoms with Gasteiger partial charge in [-0.05, 0) is 50.3 Å². The summed E-state index contributed by atoms with van der Waals surface area (Å²) in [7, 11) is 1.50. The van der Waals surface area contributed by atoms with E-state index in [9.17, 15) is 14.4 Å². The Morgan fingerprint density at radius 3 is 2.52 bits per heavy atom. The van der Waals surface area contributed by atoms with Gasteiger partial charge in [0.25, 0.3) is 5.91 Å². The molecule has 148 valence electrons. The van der Waals surface area contributed by atoms with E-state index in [0.717, 1.165) is 36.4 Å². The Hall–Kier alpha value is -2.12. The maximum atomic E-state index is 13.3. The third-order valence-electron chi connectivity index (χ3n) is 5.47. The molecule has 2 aliphatic heterocycles. The molecule has 2 saturated heterocycles. The van der Waals surface area contributed by atoms with Gasteiger partial charge in [0.2, 0.25) is 5.91 Å². The highest BCUT2D eigenvalue weighted by Crippen LogP contribution is 2.35. The first-order valence-electron chi connectivity index (χ1n) is 9.16. The molecule has 3 N–H and O–H groups in total. The molecular formula is C19H27ClN4O3. The van der Waals surface area contributed by atoms with E-state index in [2.05, 4.69) is 16.0 Å². The number of rotatable bonds is 6.